The Morgan fingerprint density at radius 1 is 1.48 bits per heavy atom. The monoisotopic (exact) mass is 362 g/mol. The molecule has 2 aromatic rings. The second-order valence-electron chi connectivity index (χ2n) is 5.36. The second kappa shape index (κ2) is 7.43. The number of hydrogen-bond donors (Lipinski definition) is 3. The molecular formula is C15H18N6O3S. The molecule has 3 rings (SSSR count). The van der Waals surface area contributed by atoms with Crippen molar-refractivity contribution < 1.29 is 14.3 Å². The molecule has 3 N–H and O–H groups in total. The van der Waals surface area contributed by atoms with Crippen LogP contribution in [0.5, 0.6) is 5.75 Å². The average molecular weight is 362 g/mol. The predicted molar refractivity (Wildman–Crippen MR) is 94.1 cm³/mol. The molecule has 1 aromatic heterocycles. The number of carbonyl (C=O) groups excluding carboxylic acids is 2. The zero-order chi connectivity index (χ0) is 17.8. The van der Waals surface area contributed by atoms with Crippen molar-refractivity contribution in [3.8, 4) is 5.75 Å². The lowest BCUT2D eigenvalue weighted by molar-refractivity contribution is -0.125. The van der Waals surface area contributed by atoms with E-state index in [1.807, 2.05) is 0 Å². The molecule has 10 heteroatoms. The Morgan fingerprint density at radius 3 is 3.08 bits per heavy atom. The van der Waals surface area contributed by atoms with Gasteiger partial charge in [-0.2, -0.15) is 5.10 Å². The fourth-order valence-corrected chi connectivity index (χ4v) is 2.98. The highest BCUT2D eigenvalue weighted by Gasteiger charge is 2.28. The van der Waals surface area contributed by atoms with Gasteiger partial charge in [0.1, 0.15) is 12.1 Å². The van der Waals surface area contributed by atoms with Gasteiger partial charge in [0.2, 0.25) is 0 Å². The van der Waals surface area contributed by atoms with E-state index in [2.05, 4.69) is 25.8 Å². The highest BCUT2D eigenvalue weighted by Crippen LogP contribution is 2.35. The van der Waals surface area contributed by atoms with E-state index in [-0.39, 0.29) is 11.9 Å². The third kappa shape index (κ3) is 4.02. The van der Waals surface area contributed by atoms with E-state index in [1.54, 1.807) is 32.2 Å². The molecule has 0 saturated heterocycles. The van der Waals surface area contributed by atoms with Crippen molar-refractivity contribution in [1.82, 2.24) is 20.5 Å². The fourth-order valence-electron chi connectivity index (χ4n) is 2.34. The van der Waals surface area contributed by atoms with Crippen LogP contribution in [-0.4, -0.2) is 52.6 Å². The van der Waals surface area contributed by atoms with E-state index < -0.39 is 6.10 Å². The molecule has 0 spiro atoms. The van der Waals surface area contributed by atoms with Crippen molar-refractivity contribution >= 4 is 35.1 Å². The summed E-state index contributed by atoms with van der Waals surface area (Å²) in [6.07, 6.45) is 0.923. The highest BCUT2D eigenvalue weighted by molar-refractivity contribution is 7.99. The van der Waals surface area contributed by atoms with Crippen molar-refractivity contribution in [1.29, 1.82) is 0 Å². The minimum atomic E-state index is -0.513. The molecule has 0 aliphatic carbocycles. The predicted octanol–water partition coefficient (Wildman–Crippen LogP) is 1.46. The number of hydrogen-bond acceptors (Lipinski definition) is 6. The summed E-state index contributed by atoms with van der Waals surface area (Å²) in [5, 5.41) is 12.7. The number of H-pyrrole nitrogens is 1. The number of urea groups is 1. The van der Waals surface area contributed by atoms with E-state index in [4.69, 9.17) is 4.74 Å². The molecule has 0 saturated carbocycles. The first-order valence-electron chi connectivity index (χ1n) is 7.66. The number of fused-ring (bicyclic) bond motifs is 1. The van der Waals surface area contributed by atoms with Crippen LogP contribution in [0.2, 0.25) is 0 Å². The van der Waals surface area contributed by atoms with Gasteiger partial charge in [-0.1, -0.05) is 11.8 Å². The van der Waals surface area contributed by atoms with Crippen molar-refractivity contribution in [2.75, 3.05) is 29.6 Å². The van der Waals surface area contributed by atoms with E-state index >= 15 is 0 Å². The summed E-state index contributed by atoms with van der Waals surface area (Å²) in [7, 11) is 1.69. The number of anilines is 2. The van der Waals surface area contributed by atoms with Gasteiger partial charge >= 0.3 is 6.03 Å². The Bertz CT molecular complexity index is 767. The molecule has 1 aromatic carbocycles. The minimum Gasteiger partial charge on any atom is -0.479 e. The summed E-state index contributed by atoms with van der Waals surface area (Å²) < 4.78 is 5.55. The fraction of sp³-hybridized carbons (Fsp3) is 0.333. The average Bonchev–Trinajstić information content (AvgIpc) is 3.11. The Labute approximate surface area is 148 Å². The summed E-state index contributed by atoms with van der Waals surface area (Å²) >= 11 is 1.46. The van der Waals surface area contributed by atoms with Gasteiger partial charge in [-0.3, -0.25) is 9.89 Å². The van der Waals surface area contributed by atoms with Crippen LogP contribution in [0.3, 0.4) is 0 Å². The number of likely N-dealkylation sites (N-methyl/N-ethyl adjacent to an activating group) is 1. The van der Waals surface area contributed by atoms with Crippen LogP contribution >= 0.6 is 11.8 Å². The smallest absolute Gasteiger partial charge is 0.319 e. The van der Waals surface area contributed by atoms with Gasteiger partial charge in [0.05, 0.1) is 5.69 Å². The first-order chi connectivity index (χ1) is 12.0. The molecule has 2 heterocycles. The summed E-state index contributed by atoms with van der Waals surface area (Å²) in [6.45, 7) is 2.18. The van der Waals surface area contributed by atoms with Crippen LogP contribution in [0.25, 0.3) is 0 Å². The molecule has 1 aliphatic rings. The first-order valence-corrected chi connectivity index (χ1v) is 8.64. The number of ether oxygens (including phenoxy) is 1. The highest BCUT2D eigenvalue weighted by atomic mass is 32.2. The lowest BCUT2D eigenvalue weighted by Gasteiger charge is -2.30. The lowest BCUT2D eigenvalue weighted by atomic mass is 10.2. The van der Waals surface area contributed by atoms with Gasteiger partial charge in [-0.15, -0.1) is 0 Å². The maximum Gasteiger partial charge on any atom is 0.319 e. The van der Waals surface area contributed by atoms with Crippen molar-refractivity contribution in [3.05, 3.63) is 24.5 Å². The molecule has 0 fully saturated rings. The number of aromatic nitrogens is 3. The third-order valence-corrected chi connectivity index (χ3v) is 4.46. The Morgan fingerprint density at radius 2 is 2.32 bits per heavy atom. The van der Waals surface area contributed by atoms with Crippen LogP contribution in [0, 0.1) is 0 Å². The van der Waals surface area contributed by atoms with Gasteiger partial charge in [0.15, 0.2) is 11.3 Å². The number of nitrogens with one attached hydrogen (secondary N) is 3. The molecular weight excluding hydrogens is 344 g/mol. The van der Waals surface area contributed by atoms with Gasteiger partial charge in [-0.25, -0.2) is 9.78 Å². The van der Waals surface area contributed by atoms with E-state index in [0.717, 1.165) is 0 Å². The van der Waals surface area contributed by atoms with Crippen LogP contribution in [0.15, 0.2) is 29.7 Å². The Balaban J connectivity index is 1.52. The zero-order valence-electron chi connectivity index (χ0n) is 13.8. The Kier molecular flexibility index (Phi) is 5.08. The first kappa shape index (κ1) is 17.1. The van der Waals surface area contributed by atoms with Crippen LogP contribution in [-0.2, 0) is 4.79 Å². The standard InChI is InChI=1S/C15H18N6O3S/c1-9-13(22)21(2)11-7-10(3-4-12(11)24-9)19-14(23)16-5-6-25-15-17-8-18-20-15/h3-4,7-9H,5-6H2,1-2H3,(H2,16,19,23)(H,17,18,20). The molecule has 0 bridgehead atoms. The van der Waals surface area contributed by atoms with Crippen LogP contribution < -0.4 is 20.3 Å². The van der Waals surface area contributed by atoms with Gasteiger partial charge < -0.3 is 20.3 Å². The molecule has 132 valence electrons. The lowest BCUT2D eigenvalue weighted by Crippen LogP contribution is -2.42. The molecule has 9 nitrogen and oxygen atoms in total. The molecule has 25 heavy (non-hydrogen) atoms. The molecule has 3 amide bonds. The zero-order valence-corrected chi connectivity index (χ0v) is 14.6. The molecule has 1 unspecified atom stereocenters. The van der Waals surface area contributed by atoms with Gasteiger partial charge in [-0.05, 0) is 25.1 Å². The molecule has 1 aliphatic heterocycles. The van der Waals surface area contributed by atoms with E-state index in [9.17, 15) is 9.59 Å². The molecule has 1 atom stereocenters. The van der Waals surface area contributed by atoms with Crippen LogP contribution in [0.1, 0.15) is 6.92 Å². The maximum absolute atomic E-state index is 12.0. The SMILES string of the molecule is CC1Oc2ccc(NC(=O)NCCSc3ncn[nH]3)cc2N(C)C1=O. The number of benzene rings is 1. The minimum absolute atomic E-state index is 0.126. The topological polar surface area (TPSA) is 112 Å². The number of aromatic amines is 1. The summed E-state index contributed by atoms with van der Waals surface area (Å²) in [5.41, 5.74) is 1.21. The summed E-state index contributed by atoms with van der Waals surface area (Å²) in [5.74, 6) is 1.15. The second-order valence-corrected chi connectivity index (χ2v) is 6.44. The van der Waals surface area contributed by atoms with Crippen molar-refractivity contribution in [3.63, 3.8) is 0 Å². The third-order valence-electron chi connectivity index (χ3n) is 3.58. The number of thioether (sulfide) groups is 1. The number of rotatable bonds is 5. The van der Waals surface area contributed by atoms with Gasteiger partial charge in [0.25, 0.3) is 5.91 Å². The number of amides is 3. The summed E-state index contributed by atoms with van der Waals surface area (Å²) in [4.78, 5) is 29.5. The van der Waals surface area contributed by atoms with E-state index in [0.29, 0.717) is 34.6 Å². The van der Waals surface area contributed by atoms with E-state index in [1.165, 1.54) is 23.0 Å². The number of carbonyl (C=O) groups is 2. The number of nitrogens with zero attached hydrogens (tertiary/aromatic N) is 3. The molecule has 0 radical (unpaired) electrons. The normalized spacial score (nSPS) is 16.2. The summed E-state index contributed by atoms with van der Waals surface area (Å²) in [6, 6.07) is 4.86. The van der Waals surface area contributed by atoms with Crippen molar-refractivity contribution in [2.24, 2.45) is 0 Å². The Hall–Kier alpha value is -2.75. The van der Waals surface area contributed by atoms with Gasteiger partial charge in [0, 0.05) is 25.0 Å². The van der Waals surface area contributed by atoms with Crippen LogP contribution in [0.4, 0.5) is 16.2 Å². The largest absolute Gasteiger partial charge is 0.479 e. The quantitative estimate of drug-likeness (QED) is 0.548. The van der Waals surface area contributed by atoms with Crippen molar-refractivity contribution in [2.45, 2.75) is 18.2 Å². The maximum atomic E-state index is 12.0.